The van der Waals surface area contributed by atoms with Gasteiger partial charge in [-0.3, -0.25) is 9.69 Å². The number of benzene rings is 1. The van der Waals surface area contributed by atoms with Gasteiger partial charge in [0, 0.05) is 31.1 Å². The maximum absolute atomic E-state index is 13.1. The molecule has 1 aliphatic carbocycles. The standard InChI is InChI=1S/C27H33F2N3O4S/c1-27(28,29)17-36-26-31-21-16-32(12-10-23(21)37-26)11-9-18-5-7-19(8-6-18)15-30-25(33)20-3-2-4-22-24(20)35-14-13-34-22/h2-4,15,18-19H,5-14,16-17H2,1H3. The molecule has 10 heteroatoms. The molecule has 2 aliphatic heterocycles. The van der Waals surface area contributed by atoms with Crippen LogP contribution in [0.1, 0.15) is 60.0 Å². The lowest BCUT2D eigenvalue weighted by Crippen LogP contribution is -2.32. The van der Waals surface area contributed by atoms with E-state index in [2.05, 4.69) is 14.9 Å². The maximum Gasteiger partial charge on any atom is 0.280 e. The summed E-state index contributed by atoms with van der Waals surface area (Å²) < 4.78 is 42.5. The first kappa shape index (κ1) is 26.0. The van der Waals surface area contributed by atoms with Crippen molar-refractivity contribution in [3.8, 4) is 16.7 Å². The summed E-state index contributed by atoms with van der Waals surface area (Å²) in [6, 6.07) is 5.33. The van der Waals surface area contributed by atoms with Crippen molar-refractivity contribution in [2.45, 2.75) is 57.9 Å². The van der Waals surface area contributed by atoms with Gasteiger partial charge in [0.2, 0.25) is 0 Å². The number of aromatic nitrogens is 1. The summed E-state index contributed by atoms with van der Waals surface area (Å²) in [5.41, 5.74) is 1.42. The predicted octanol–water partition coefficient (Wildman–Crippen LogP) is 5.41. The van der Waals surface area contributed by atoms with E-state index < -0.39 is 12.5 Å². The number of carbonyl (C=O) groups is 1. The van der Waals surface area contributed by atoms with Crippen LogP contribution >= 0.6 is 11.3 Å². The highest BCUT2D eigenvalue weighted by Crippen LogP contribution is 2.35. The van der Waals surface area contributed by atoms with Crippen molar-refractivity contribution in [1.82, 2.24) is 9.88 Å². The van der Waals surface area contributed by atoms with E-state index in [1.807, 2.05) is 6.21 Å². The first-order chi connectivity index (χ1) is 17.8. The Morgan fingerprint density at radius 2 is 2.08 bits per heavy atom. The Kier molecular flexibility index (Phi) is 8.04. The second-order valence-electron chi connectivity index (χ2n) is 10.2. The van der Waals surface area contributed by atoms with Gasteiger partial charge in [0.1, 0.15) is 13.2 Å². The summed E-state index contributed by atoms with van der Waals surface area (Å²) in [5.74, 6) is -1.07. The van der Waals surface area contributed by atoms with E-state index in [9.17, 15) is 13.6 Å². The number of fused-ring (bicyclic) bond motifs is 2. The van der Waals surface area contributed by atoms with E-state index in [0.29, 0.717) is 47.3 Å². The number of hydrogen-bond donors (Lipinski definition) is 0. The van der Waals surface area contributed by atoms with Crippen molar-refractivity contribution in [2.24, 2.45) is 16.8 Å². The normalized spacial score (nSPS) is 22.1. The van der Waals surface area contributed by atoms with Crippen LogP contribution < -0.4 is 14.2 Å². The van der Waals surface area contributed by atoms with Gasteiger partial charge in [-0.05, 0) is 69.0 Å². The van der Waals surface area contributed by atoms with Gasteiger partial charge in [-0.15, -0.1) is 0 Å². The van der Waals surface area contributed by atoms with E-state index in [0.717, 1.165) is 75.7 Å². The highest BCUT2D eigenvalue weighted by atomic mass is 32.1. The molecule has 200 valence electrons. The molecule has 3 heterocycles. The zero-order chi connectivity index (χ0) is 25.8. The topological polar surface area (TPSA) is 73.2 Å². The second-order valence-corrected chi connectivity index (χ2v) is 11.3. The maximum atomic E-state index is 13.1. The molecule has 3 aliphatic rings. The Morgan fingerprint density at radius 3 is 2.89 bits per heavy atom. The Bertz CT molecular complexity index is 1130. The van der Waals surface area contributed by atoms with Crippen LogP contribution in [0.4, 0.5) is 8.78 Å². The van der Waals surface area contributed by atoms with Gasteiger partial charge < -0.3 is 14.2 Å². The number of alkyl halides is 2. The Labute approximate surface area is 219 Å². The van der Waals surface area contributed by atoms with Crippen molar-refractivity contribution < 1.29 is 27.8 Å². The van der Waals surface area contributed by atoms with Crippen LogP contribution in [0.5, 0.6) is 16.7 Å². The molecule has 0 radical (unpaired) electrons. The minimum atomic E-state index is -2.86. The molecule has 1 saturated carbocycles. The zero-order valence-electron chi connectivity index (χ0n) is 21.1. The first-order valence-corrected chi connectivity index (χ1v) is 13.8. The van der Waals surface area contributed by atoms with Gasteiger partial charge in [-0.25, -0.2) is 18.8 Å². The number of amides is 1. The SMILES string of the molecule is CC(F)(F)COc1nc2c(s1)CCN(CCC1CCC(C=NC(=O)c3cccc4c3OCCO4)CC1)C2. The molecule has 0 saturated heterocycles. The van der Waals surface area contributed by atoms with Gasteiger partial charge in [-0.1, -0.05) is 17.4 Å². The summed E-state index contributed by atoms with van der Waals surface area (Å²) in [4.78, 5) is 24.9. The van der Waals surface area contributed by atoms with E-state index in [-0.39, 0.29) is 5.91 Å². The van der Waals surface area contributed by atoms with Crippen LogP contribution in [-0.2, 0) is 13.0 Å². The number of ether oxygens (including phenoxy) is 3. The number of halogens is 2. The molecule has 0 atom stereocenters. The van der Waals surface area contributed by atoms with Crippen molar-refractivity contribution in [2.75, 3.05) is 32.9 Å². The van der Waals surface area contributed by atoms with Gasteiger partial charge in [0.15, 0.2) is 18.1 Å². The zero-order valence-corrected chi connectivity index (χ0v) is 21.9. The van der Waals surface area contributed by atoms with E-state index in [1.165, 1.54) is 11.3 Å². The number of para-hydroxylation sites is 1. The number of nitrogens with zero attached hydrogens (tertiary/aromatic N) is 3. The summed E-state index contributed by atoms with van der Waals surface area (Å²) >= 11 is 1.39. The number of thiazole rings is 1. The predicted molar refractivity (Wildman–Crippen MR) is 138 cm³/mol. The summed E-state index contributed by atoms with van der Waals surface area (Å²) in [5, 5.41) is 0.347. The van der Waals surface area contributed by atoms with Crippen LogP contribution in [0, 0.1) is 11.8 Å². The summed E-state index contributed by atoms with van der Waals surface area (Å²) in [6.45, 7) is 3.85. The van der Waals surface area contributed by atoms with Crippen molar-refractivity contribution >= 4 is 23.5 Å². The molecule has 0 unspecified atom stereocenters. The fourth-order valence-electron chi connectivity index (χ4n) is 5.15. The molecule has 0 bridgehead atoms. The van der Waals surface area contributed by atoms with Crippen molar-refractivity contribution in [3.63, 3.8) is 0 Å². The fourth-order valence-corrected chi connectivity index (χ4v) is 6.05. The van der Waals surface area contributed by atoms with Gasteiger partial charge in [0.25, 0.3) is 17.0 Å². The smallest absolute Gasteiger partial charge is 0.280 e. The summed E-state index contributed by atoms with van der Waals surface area (Å²) in [6.07, 6.45) is 8.16. The highest BCUT2D eigenvalue weighted by molar-refractivity contribution is 7.13. The van der Waals surface area contributed by atoms with Crippen LogP contribution in [0.2, 0.25) is 0 Å². The molecule has 7 nitrogen and oxygen atoms in total. The van der Waals surface area contributed by atoms with E-state index in [1.54, 1.807) is 18.2 Å². The van der Waals surface area contributed by atoms with E-state index in [4.69, 9.17) is 14.2 Å². The van der Waals surface area contributed by atoms with Gasteiger partial charge in [-0.2, -0.15) is 0 Å². The molecule has 1 aromatic heterocycles. The Morgan fingerprint density at radius 1 is 1.27 bits per heavy atom. The van der Waals surface area contributed by atoms with Crippen LogP contribution in [0.3, 0.4) is 0 Å². The lowest BCUT2D eigenvalue weighted by atomic mass is 9.81. The number of carbonyl (C=O) groups excluding carboxylic acids is 1. The average Bonchev–Trinajstić information content (AvgIpc) is 3.32. The van der Waals surface area contributed by atoms with Gasteiger partial charge in [0.05, 0.1) is 11.3 Å². The molecule has 1 amide bonds. The molecule has 5 rings (SSSR count). The lowest BCUT2D eigenvalue weighted by Gasteiger charge is -2.30. The molecule has 37 heavy (non-hydrogen) atoms. The molecule has 1 fully saturated rings. The third kappa shape index (κ3) is 6.84. The third-order valence-corrected chi connectivity index (χ3v) is 8.25. The Balaban J connectivity index is 1.05. The van der Waals surface area contributed by atoms with E-state index >= 15 is 0 Å². The largest absolute Gasteiger partial charge is 0.486 e. The van der Waals surface area contributed by atoms with Crippen LogP contribution in [-0.4, -0.2) is 60.8 Å². The second kappa shape index (κ2) is 11.4. The molecule has 0 spiro atoms. The molecular weight excluding hydrogens is 500 g/mol. The number of aliphatic imine (C=N–C) groups is 1. The van der Waals surface area contributed by atoms with Gasteiger partial charge >= 0.3 is 0 Å². The number of rotatable bonds is 8. The lowest BCUT2D eigenvalue weighted by molar-refractivity contribution is -0.0230. The van der Waals surface area contributed by atoms with Crippen LogP contribution in [0.25, 0.3) is 0 Å². The highest BCUT2D eigenvalue weighted by Gasteiger charge is 2.27. The fraction of sp³-hybridized carbons (Fsp3) is 0.593. The monoisotopic (exact) mass is 533 g/mol. The summed E-state index contributed by atoms with van der Waals surface area (Å²) in [7, 11) is 0. The Hall–Kier alpha value is -2.59. The third-order valence-electron chi connectivity index (χ3n) is 7.18. The van der Waals surface area contributed by atoms with Crippen molar-refractivity contribution in [3.05, 3.63) is 34.3 Å². The first-order valence-electron chi connectivity index (χ1n) is 13.0. The minimum Gasteiger partial charge on any atom is -0.486 e. The number of hydrogen-bond acceptors (Lipinski definition) is 7. The minimum absolute atomic E-state index is 0.284. The quantitative estimate of drug-likeness (QED) is 0.423. The molecular formula is C27H33F2N3O4S. The van der Waals surface area contributed by atoms with Crippen LogP contribution in [0.15, 0.2) is 23.2 Å². The average molecular weight is 534 g/mol. The molecule has 0 N–H and O–H groups in total. The van der Waals surface area contributed by atoms with Crippen molar-refractivity contribution in [1.29, 1.82) is 0 Å². The molecule has 2 aromatic rings. The molecule has 1 aromatic carbocycles.